The summed E-state index contributed by atoms with van der Waals surface area (Å²) in [5, 5.41) is 4.70. The molecule has 0 aromatic carbocycles. The summed E-state index contributed by atoms with van der Waals surface area (Å²) in [5.41, 5.74) is 3.03. The molecule has 1 atom stereocenters. The maximum absolute atomic E-state index is 13.1. The third kappa shape index (κ3) is 3.65. The van der Waals surface area contributed by atoms with E-state index < -0.39 is 0 Å². The molecule has 1 aliphatic carbocycles. The van der Waals surface area contributed by atoms with Crippen molar-refractivity contribution in [2.45, 2.75) is 45.7 Å². The number of likely N-dealkylation sites (N-methyl/N-ethyl adjacent to an activating group) is 1. The second-order valence-electron chi connectivity index (χ2n) is 6.77. The zero-order valence-electron chi connectivity index (χ0n) is 15.5. The fraction of sp³-hybridized carbons (Fsp3) is 0.684. The first-order valence-electron chi connectivity index (χ1n) is 9.50. The minimum Gasteiger partial charge on any atom is -0.378 e. The molecule has 0 spiro atoms. The van der Waals surface area contributed by atoms with E-state index in [2.05, 4.69) is 25.3 Å². The molecule has 25 heavy (non-hydrogen) atoms. The summed E-state index contributed by atoms with van der Waals surface area (Å²) in [6.07, 6.45) is 4.88. The summed E-state index contributed by atoms with van der Waals surface area (Å²) in [6, 6.07) is 0.500. The van der Waals surface area contributed by atoms with Crippen molar-refractivity contribution in [1.29, 1.82) is 0 Å². The molecular weight excluding hydrogens is 316 g/mol. The molecule has 0 saturated carbocycles. The second-order valence-corrected chi connectivity index (χ2v) is 6.77. The van der Waals surface area contributed by atoms with E-state index in [1.54, 1.807) is 0 Å². The van der Waals surface area contributed by atoms with Crippen LogP contribution >= 0.6 is 0 Å². The Kier molecular flexibility index (Phi) is 5.91. The van der Waals surface area contributed by atoms with Gasteiger partial charge in [-0.05, 0) is 32.4 Å². The third-order valence-electron chi connectivity index (χ3n) is 5.45. The van der Waals surface area contributed by atoms with E-state index in [1.807, 2.05) is 15.7 Å². The maximum Gasteiger partial charge on any atom is 0.274 e. The molecule has 138 valence electrons. The number of allylic oxidation sites excluding steroid dienone is 1. The molecule has 0 bridgehead atoms. The lowest BCUT2D eigenvalue weighted by atomic mass is 9.90. The van der Waals surface area contributed by atoms with Gasteiger partial charge in [0.15, 0.2) is 5.69 Å². The van der Waals surface area contributed by atoms with Crippen LogP contribution in [-0.4, -0.2) is 70.9 Å². The Morgan fingerprint density at radius 1 is 1.36 bits per heavy atom. The zero-order valence-corrected chi connectivity index (χ0v) is 15.5. The largest absolute Gasteiger partial charge is 0.378 e. The monoisotopic (exact) mass is 346 g/mol. The van der Waals surface area contributed by atoms with Crippen molar-refractivity contribution in [1.82, 2.24) is 19.6 Å². The van der Waals surface area contributed by atoms with Crippen LogP contribution in [0, 0.1) is 0 Å². The van der Waals surface area contributed by atoms with Gasteiger partial charge < -0.3 is 14.5 Å². The average Bonchev–Trinajstić information content (AvgIpc) is 3.01. The number of carbonyl (C=O) groups is 1. The number of hydrogen-bond acceptors (Lipinski definition) is 4. The van der Waals surface area contributed by atoms with Gasteiger partial charge in [-0.3, -0.25) is 9.48 Å². The van der Waals surface area contributed by atoms with E-state index in [0.717, 1.165) is 37.9 Å². The van der Waals surface area contributed by atoms with E-state index in [0.29, 0.717) is 44.6 Å². The lowest BCUT2D eigenvalue weighted by molar-refractivity contribution is 0.0297. The van der Waals surface area contributed by atoms with Crippen LogP contribution in [0.2, 0.25) is 0 Å². The Morgan fingerprint density at radius 3 is 2.72 bits per heavy atom. The Bertz CT molecular complexity index is 615. The molecular formula is C19H30N4O2. The van der Waals surface area contributed by atoms with Gasteiger partial charge >= 0.3 is 0 Å². The van der Waals surface area contributed by atoms with Crippen molar-refractivity contribution in [2.75, 3.05) is 39.4 Å². The van der Waals surface area contributed by atoms with Gasteiger partial charge in [0, 0.05) is 30.4 Å². The molecule has 6 nitrogen and oxygen atoms in total. The van der Waals surface area contributed by atoms with Crippen LogP contribution in [0.3, 0.4) is 0 Å². The number of morpholine rings is 1. The van der Waals surface area contributed by atoms with Crippen LogP contribution in [0.4, 0.5) is 0 Å². The van der Waals surface area contributed by atoms with Gasteiger partial charge in [-0.15, -0.1) is 6.58 Å². The van der Waals surface area contributed by atoms with Gasteiger partial charge in [0.05, 0.1) is 19.8 Å². The zero-order chi connectivity index (χ0) is 17.8. The Balaban J connectivity index is 1.90. The Morgan fingerprint density at radius 2 is 2.08 bits per heavy atom. The molecule has 1 aromatic rings. The van der Waals surface area contributed by atoms with E-state index in [9.17, 15) is 4.79 Å². The predicted molar refractivity (Wildman–Crippen MR) is 97.9 cm³/mol. The first-order chi connectivity index (χ1) is 12.2. The predicted octanol–water partition coefficient (Wildman–Crippen LogP) is 1.74. The molecule has 6 heteroatoms. The van der Waals surface area contributed by atoms with Crippen LogP contribution in [0.5, 0.6) is 0 Å². The number of carbonyl (C=O) groups excluding carboxylic acids is 1. The molecule has 1 aromatic heterocycles. The fourth-order valence-corrected chi connectivity index (χ4v) is 4.08. The van der Waals surface area contributed by atoms with E-state index in [4.69, 9.17) is 9.84 Å². The molecule has 2 heterocycles. The summed E-state index contributed by atoms with van der Waals surface area (Å²) in [5.74, 6) is 0.0579. The first kappa shape index (κ1) is 18.1. The quantitative estimate of drug-likeness (QED) is 0.736. The summed E-state index contributed by atoms with van der Waals surface area (Å²) in [6.45, 7) is 13.5. The van der Waals surface area contributed by atoms with E-state index in [1.165, 1.54) is 5.69 Å². The van der Waals surface area contributed by atoms with Crippen LogP contribution < -0.4 is 0 Å². The van der Waals surface area contributed by atoms with Crippen molar-refractivity contribution in [3.63, 3.8) is 0 Å². The molecule has 1 saturated heterocycles. The highest BCUT2D eigenvalue weighted by Crippen LogP contribution is 2.28. The summed E-state index contributed by atoms with van der Waals surface area (Å²) in [7, 11) is 0. The van der Waals surface area contributed by atoms with Crippen molar-refractivity contribution >= 4 is 5.91 Å². The van der Waals surface area contributed by atoms with Crippen LogP contribution in [0.1, 0.15) is 42.0 Å². The Labute approximate surface area is 150 Å². The SMILES string of the molecule is C=CCn1nc(C(=O)N2CCOCC2)c2c1CCC(N(CC)CC)C2. The standard InChI is InChI=1S/C19H30N4O2/c1-4-9-23-17-8-7-15(21(5-2)6-3)14-16(17)18(20-23)19(24)22-10-12-25-13-11-22/h4,15H,1,5-14H2,2-3H3. The summed E-state index contributed by atoms with van der Waals surface area (Å²) >= 11 is 0. The van der Waals surface area contributed by atoms with Crippen LogP contribution in [0.15, 0.2) is 12.7 Å². The van der Waals surface area contributed by atoms with Gasteiger partial charge in [-0.2, -0.15) is 5.10 Å². The van der Waals surface area contributed by atoms with Crippen LogP contribution in [0.25, 0.3) is 0 Å². The van der Waals surface area contributed by atoms with E-state index >= 15 is 0 Å². The van der Waals surface area contributed by atoms with Crippen molar-refractivity contribution in [3.8, 4) is 0 Å². The molecule has 3 rings (SSSR count). The Hall–Kier alpha value is -1.66. The molecule has 0 radical (unpaired) electrons. The van der Waals surface area contributed by atoms with Crippen molar-refractivity contribution in [3.05, 3.63) is 29.6 Å². The van der Waals surface area contributed by atoms with Gasteiger partial charge in [0.1, 0.15) is 0 Å². The number of nitrogens with zero attached hydrogens (tertiary/aromatic N) is 4. The normalized spacial score (nSPS) is 20.6. The topological polar surface area (TPSA) is 50.6 Å². The van der Waals surface area contributed by atoms with Crippen molar-refractivity contribution in [2.24, 2.45) is 0 Å². The fourth-order valence-electron chi connectivity index (χ4n) is 4.08. The first-order valence-corrected chi connectivity index (χ1v) is 9.50. The number of ether oxygens (including phenoxy) is 1. The summed E-state index contributed by atoms with van der Waals surface area (Å²) in [4.78, 5) is 17.4. The maximum atomic E-state index is 13.1. The van der Waals surface area contributed by atoms with Gasteiger partial charge in [0.2, 0.25) is 0 Å². The molecule has 1 unspecified atom stereocenters. The number of rotatable bonds is 6. The molecule has 1 aliphatic heterocycles. The van der Waals surface area contributed by atoms with Gasteiger partial charge in [-0.1, -0.05) is 19.9 Å². The molecule has 0 N–H and O–H groups in total. The lowest BCUT2D eigenvalue weighted by Gasteiger charge is -2.33. The minimum atomic E-state index is 0.0579. The summed E-state index contributed by atoms with van der Waals surface area (Å²) < 4.78 is 7.36. The number of amides is 1. The highest BCUT2D eigenvalue weighted by Gasteiger charge is 2.32. The van der Waals surface area contributed by atoms with Crippen LogP contribution in [-0.2, 0) is 24.1 Å². The van der Waals surface area contributed by atoms with E-state index in [-0.39, 0.29) is 5.91 Å². The lowest BCUT2D eigenvalue weighted by Crippen LogP contribution is -2.42. The minimum absolute atomic E-state index is 0.0579. The smallest absolute Gasteiger partial charge is 0.274 e. The third-order valence-corrected chi connectivity index (χ3v) is 5.45. The molecule has 2 aliphatic rings. The highest BCUT2D eigenvalue weighted by molar-refractivity contribution is 5.94. The van der Waals surface area contributed by atoms with Crippen molar-refractivity contribution < 1.29 is 9.53 Å². The van der Waals surface area contributed by atoms with Gasteiger partial charge in [-0.25, -0.2) is 0 Å². The highest BCUT2D eigenvalue weighted by atomic mass is 16.5. The average molecular weight is 346 g/mol. The number of aromatic nitrogens is 2. The second kappa shape index (κ2) is 8.15. The number of hydrogen-bond donors (Lipinski definition) is 0. The molecule has 1 amide bonds. The van der Waals surface area contributed by atoms with Gasteiger partial charge in [0.25, 0.3) is 5.91 Å². The molecule has 1 fully saturated rings. The number of fused-ring (bicyclic) bond motifs is 1.